The fourth-order valence-corrected chi connectivity index (χ4v) is 2.56. The number of ether oxygens (including phenoxy) is 1. The predicted octanol–water partition coefficient (Wildman–Crippen LogP) is 1.94. The Kier molecular flexibility index (Phi) is 2.39. The van der Waals surface area contributed by atoms with Crippen LogP contribution in [0.3, 0.4) is 0 Å². The van der Waals surface area contributed by atoms with E-state index in [2.05, 4.69) is 20.7 Å². The van der Waals surface area contributed by atoms with Gasteiger partial charge >= 0.3 is 0 Å². The van der Waals surface area contributed by atoms with E-state index in [1.54, 1.807) is 7.11 Å². The van der Waals surface area contributed by atoms with Crippen molar-refractivity contribution in [1.82, 2.24) is 14.5 Å². The molecule has 0 spiro atoms. The molecule has 1 aliphatic carbocycles. The molecule has 2 N–H and O–H groups in total. The number of hydrogen-bond acceptors (Lipinski definition) is 4. The summed E-state index contributed by atoms with van der Waals surface area (Å²) >= 11 is 0. The second kappa shape index (κ2) is 3.91. The van der Waals surface area contributed by atoms with Crippen LogP contribution in [0, 0.1) is 6.20 Å². The lowest BCUT2D eigenvalue weighted by molar-refractivity contribution is 0.403. The number of anilines is 1. The molecule has 0 saturated heterocycles. The van der Waals surface area contributed by atoms with Gasteiger partial charge in [-0.15, -0.1) is 0 Å². The minimum atomic E-state index is 0.251. The third-order valence-electron chi connectivity index (χ3n) is 3.37. The molecular weight excluding hydrogens is 216 g/mol. The molecule has 0 unspecified atom stereocenters. The first-order valence-electron chi connectivity index (χ1n) is 5.89. The molecule has 1 saturated carbocycles. The Morgan fingerprint density at radius 3 is 2.88 bits per heavy atom. The van der Waals surface area contributed by atoms with Gasteiger partial charge in [-0.25, -0.2) is 0 Å². The standard InChI is InChI=1S/C12H15N4O/c1-17-11-9-6-7-16(8-4-2-3-5-8)10(9)14-12(13)15-11/h6,8H,2-5H2,1H3,(H2,13,14,15). The Morgan fingerprint density at radius 2 is 2.18 bits per heavy atom. The Bertz CT molecular complexity index is 543. The van der Waals surface area contributed by atoms with E-state index in [4.69, 9.17) is 10.5 Å². The van der Waals surface area contributed by atoms with Crippen molar-refractivity contribution < 1.29 is 4.74 Å². The molecule has 5 heteroatoms. The van der Waals surface area contributed by atoms with Crippen molar-refractivity contribution in [3.05, 3.63) is 12.3 Å². The van der Waals surface area contributed by atoms with Gasteiger partial charge in [-0.05, 0) is 18.9 Å². The second-order valence-corrected chi connectivity index (χ2v) is 4.41. The van der Waals surface area contributed by atoms with Crippen molar-refractivity contribution in [2.24, 2.45) is 0 Å². The van der Waals surface area contributed by atoms with Crippen LogP contribution in [0.1, 0.15) is 31.7 Å². The van der Waals surface area contributed by atoms with E-state index in [0.717, 1.165) is 11.0 Å². The minimum absolute atomic E-state index is 0.251. The monoisotopic (exact) mass is 231 g/mol. The maximum atomic E-state index is 5.70. The molecule has 3 rings (SSSR count). The van der Waals surface area contributed by atoms with Gasteiger partial charge in [0, 0.05) is 6.04 Å². The van der Waals surface area contributed by atoms with Gasteiger partial charge in [0.15, 0.2) is 0 Å². The van der Waals surface area contributed by atoms with E-state index in [-0.39, 0.29) is 5.95 Å². The van der Waals surface area contributed by atoms with Gasteiger partial charge in [0.25, 0.3) is 0 Å². The molecule has 2 heterocycles. The number of nitrogens with zero attached hydrogens (tertiary/aromatic N) is 3. The summed E-state index contributed by atoms with van der Waals surface area (Å²) in [5.74, 6) is 0.779. The SMILES string of the molecule is COc1nc(N)nc2c1c[c]n2C1CCCC1. The van der Waals surface area contributed by atoms with Gasteiger partial charge in [-0.3, -0.25) is 0 Å². The maximum Gasteiger partial charge on any atom is 0.227 e. The number of methoxy groups -OCH3 is 1. The van der Waals surface area contributed by atoms with Crippen LogP contribution in [0.5, 0.6) is 5.88 Å². The molecule has 0 bridgehead atoms. The van der Waals surface area contributed by atoms with Crippen LogP contribution in [0.15, 0.2) is 6.07 Å². The molecule has 89 valence electrons. The summed E-state index contributed by atoms with van der Waals surface area (Å²) in [6.45, 7) is 0. The molecule has 1 radical (unpaired) electrons. The number of fused-ring (bicyclic) bond motifs is 1. The van der Waals surface area contributed by atoms with E-state index in [1.165, 1.54) is 25.7 Å². The number of nitrogens with two attached hydrogens (primary N) is 1. The summed E-state index contributed by atoms with van der Waals surface area (Å²) in [4.78, 5) is 8.38. The molecule has 0 aliphatic heterocycles. The third-order valence-corrected chi connectivity index (χ3v) is 3.37. The molecule has 5 nitrogen and oxygen atoms in total. The Hall–Kier alpha value is -1.78. The highest BCUT2D eigenvalue weighted by atomic mass is 16.5. The number of rotatable bonds is 2. The van der Waals surface area contributed by atoms with E-state index < -0.39 is 0 Å². The summed E-state index contributed by atoms with van der Waals surface area (Å²) in [6, 6.07) is 2.37. The van der Waals surface area contributed by atoms with Crippen molar-refractivity contribution in [2.75, 3.05) is 12.8 Å². The first-order valence-corrected chi connectivity index (χ1v) is 5.89. The molecule has 0 amide bonds. The average Bonchev–Trinajstić information content (AvgIpc) is 2.94. The first-order chi connectivity index (χ1) is 8.29. The summed E-state index contributed by atoms with van der Waals surface area (Å²) in [7, 11) is 1.59. The predicted molar refractivity (Wildman–Crippen MR) is 64.8 cm³/mol. The van der Waals surface area contributed by atoms with Crippen LogP contribution in [-0.2, 0) is 0 Å². The second-order valence-electron chi connectivity index (χ2n) is 4.41. The highest BCUT2D eigenvalue weighted by Gasteiger charge is 2.20. The third kappa shape index (κ3) is 1.62. The van der Waals surface area contributed by atoms with Gasteiger partial charge < -0.3 is 15.0 Å². The summed E-state index contributed by atoms with van der Waals surface area (Å²) < 4.78 is 7.31. The van der Waals surface area contributed by atoms with Crippen LogP contribution in [0.2, 0.25) is 0 Å². The van der Waals surface area contributed by atoms with Crippen LogP contribution in [0.4, 0.5) is 5.95 Å². The average molecular weight is 231 g/mol. The largest absolute Gasteiger partial charge is 0.480 e. The summed E-state index contributed by atoms with van der Waals surface area (Å²) in [5, 5.41) is 0.883. The summed E-state index contributed by atoms with van der Waals surface area (Å²) in [6.07, 6.45) is 8.16. The van der Waals surface area contributed by atoms with Crippen LogP contribution >= 0.6 is 0 Å². The van der Waals surface area contributed by atoms with Crippen LogP contribution in [-0.4, -0.2) is 21.6 Å². The molecule has 0 atom stereocenters. The van der Waals surface area contributed by atoms with E-state index in [1.807, 2.05) is 6.07 Å². The smallest absolute Gasteiger partial charge is 0.227 e. The molecule has 1 fully saturated rings. The van der Waals surface area contributed by atoms with Crippen molar-refractivity contribution >= 4 is 17.0 Å². The highest BCUT2D eigenvalue weighted by molar-refractivity contribution is 5.82. The van der Waals surface area contributed by atoms with Gasteiger partial charge in [-0.1, -0.05) is 12.8 Å². The number of aromatic nitrogens is 3. The molecule has 0 aromatic carbocycles. The van der Waals surface area contributed by atoms with E-state index in [0.29, 0.717) is 11.9 Å². The number of nitrogen functional groups attached to an aromatic ring is 1. The zero-order chi connectivity index (χ0) is 11.8. The van der Waals surface area contributed by atoms with E-state index >= 15 is 0 Å². The van der Waals surface area contributed by atoms with Gasteiger partial charge in [0.1, 0.15) is 5.65 Å². The molecule has 2 aromatic heterocycles. The topological polar surface area (TPSA) is 66.0 Å². The van der Waals surface area contributed by atoms with Crippen molar-refractivity contribution in [3.63, 3.8) is 0 Å². The lowest BCUT2D eigenvalue weighted by Crippen LogP contribution is -2.06. The minimum Gasteiger partial charge on any atom is -0.480 e. The zero-order valence-electron chi connectivity index (χ0n) is 9.81. The van der Waals surface area contributed by atoms with Crippen LogP contribution in [0.25, 0.3) is 11.0 Å². The van der Waals surface area contributed by atoms with Gasteiger partial charge in [-0.2, -0.15) is 9.97 Å². The normalized spacial score (nSPS) is 16.8. The van der Waals surface area contributed by atoms with Crippen molar-refractivity contribution in [1.29, 1.82) is 0 Å². The zero-order valence-corrected chi connectivity index (χ0v) is 9.81. The number of hydrogen-bond donors (Lipinski definition) is 1. The Balaban J connectivity index is 2.17. The lowest BCUT2D eigenvalue weighted by atomic mass is 10.2. The highest BCUT2D eigenvalue weighted by Crippen LogP contribution is 2.33. The quantitative estimate of drug-likeness (QED) is 0.857. The molecule has 1 aliphatic rings. The maximum absolute atomic E-state index is 5.70. The van der Waals surface area contributed by atoms with E-state index in [9.17, 15) is 0 Å². The molecular formula is C12H15N4O. The summed E-state index contributed by atoms with van der Waals surface area (Å²) in [5.41, 5.74) is 6.53. The molecule has 17 heavy (non-hydrogen) atoms. The first kappa shape index (κ1) is 10.4. The fourth-order valence-electron chi connectivity index (χ4n) is 2.56. The lowest BCUT2D eigenvalue weighted by Gasteiger charge is -2.12. The fraction of sp³-hybridized carbons (Fsp3) is 0.500. The van der Waals surface area contributed by atoms with Gasteiger partial charge in [0.2, 0.25) is 11.8 Å². The van der Waals surface area contributed by atoms with Crippen LogP contribution < -0.4 is 10.5 Å². The molecule has 2 aromatic rings. The van der Waals surface area contributed by atoms with Crippen molar-refractivity contribution in [3.8, 4) is 5.88 Å². The Labute approximate surface area is 99.6 Å². The Morgan fingerprint density at radius 1 is 1.41 bits per heavy atom. The van der Waals surface area contributed by atoms with Gasteiger partial charge in [0.05, 0.1) is 18.7 Å². The van der Waals surface area contributed by atoms with Crippen molar-refractivity contribution in [2.45, 2.75) is 31.7 Å².